The molecule has 14 nitrogen and oxygen atoms in total. The lowest BCUT2D eigenvalue weighted by Gasteiger charge is -2.19. The molecule has 1 fully saturated rings. The normalized spacial score (nSPS) is 14.5. The second-order valence-corrected chi connectivity index (χ2v) is 11.1. The molecule has 2 aromatic heterocycles. The van der Waals surface area contributed by atoms with Crippen molar-refractivity contribution in [3.63, 3.8) is 0 Å². The quantitative estimate of drug-likeness (QED) is 0.207. The van der Waals surface area contributed by atoms with Crippen molar-refractivity contribution >= 4 is 46.5 Å². The summed E-state index contributed by atoms with van der Waals surface area (Å²) in [5, 5.41) is 7.29. The minimum atomic E-state index is -0.642. The van der Waals surface area contributed by atoms with Crippen LogP contribution in [0.25, 0.3) is 11.0 Å². The summed E-state index contributed by atoms with van der Waals surface area (Å²) >= 11 is 0. The molecule has 0 radical (unpaired) electrons. The van der Waals surface area contributed by atoms with E-state index in [1.54, 1.807) is 29.9 Å². The Hall–Kier alpha value is -5.01. The number of fused-ring (bicyclic) bond motifs is 1. The van der Waals surface area contributed by atoms with Crippen molar-refractivity contribution in [2.24, 2.45) is 11.7 Å². The van der Waals surface area contributed by atoms with Crippen molar-refractivity contribution < 1.29 is 28.7 Å². The van der Waals surface area contributed by atoms with Gasteiger partial charge in [-0.2, -0.15) is 5.10 Å². The SMILES string of the molecule is CCn1nc(C)cc1C(=O)Nc1nc2cc(C(N)=O)cc(OCCCN(C)C(=O)CCN3C(=O)C=CC3=O)c2n1CC1CC1. The fraction of sp³-hybridized carbons (Fsp3) is 0.433. The minimum absolute atomic E-state index is 0.0191. The van der Waals surface area contributed by atoms with Crippen LogP contribution in [0.5, 0.6) is 5.75 Å². The zero-order valence-corrected chi connectivity index (χ0v) is 25.0. The van der Waals surface area contributed by atoms with E-state index in [1.807, 2.05) is 18.4 Å². The largest absolute Gasteiger partial charge is 0.491 e. The molecule has 0 atom stereocenters. The van der Waals surface area contributed by atoms with Crippen molar-refractivity contribution in [2.45, 2.75) is 52.6 Å². The maximum Gasteiger partial charge on any atom is 0.276 e. The van der Waals surface area contributed by atoms with Gasteiger partial charge >= 0.3 is 0 Å². The molecule has 14 heteroatoms. The number of aryl methyl sites for hydroxylation is 2. The number of nitrogens with one attached hydrogen (secondary N) is 1. The topological polar surface area (TPSA) is 175 Å². The first-order chi connectivity index (χ1) is 21.0. The summed E-state index contributed by atoms with van der Waals surface area (Å²) in [6.07, 6.45) is 4.98. The molecule has 2 aliphatic rings. The zero-order valence-electron chi connectivity index (χ0n) is 25.0. The van der Waals surface area contributed by atoms with Crippen LogP contribution in [0.4, 0.5) is 5.95 Å². The van der Waals surface area contributed by atoms with E-state index in [0.717, 1.165) is 23.4 Å². The van der Waals surface area contributed by atoms with E-state index in [-0.39, 0.29) is 37.0 Å². The smallest absolute Gasteiger partial charge is 0.276 e. The van der Waals surface area contributed by atoms with Gasteiger partial charge < -0.3 is 19.9 Å². The van der Waals surface area contributed by atoms with Crippen molar-refractivity contribution in [3.8, 4) is 5.75 Å². The molecule has 3 N–H and O–H groups in total. The van der Waals surface area contributed by atoms with E-state index < -0.39 is 17.7 Å². The van der Waals surface area contributed by atoms with Gasteiger partial charge in [-0.3, -0.25) is 38.9 Å². The Labute approximate surface area is 253 Å². The van der Waals surface area contributed by atoms with Gasteiger partial charge in [-0.25, -0.2) is 4.98 Å². The van der Waals surface area contributed by atoms with Crippen molar-refractivity contribution in [1.29, 1.82) is 0 Å². The van der Waals surface area contributed by atoms with Crippen LogP contribution in [0.15, 0.2) is 30.4 Å². The number of carbonyl (C=O) groups is 5. The van der Waals surface area contributed by atoms with Crippen LogP contribution in [0.1, 0.15) is 59.1 Å². The third-order valence-corrected chi connectivity index (χ3v) is 7.66. The van der Waals surface area contributed by atoms with Gasteiger partial charge in [-0.1, -0.05) is 0 Å². The maximum atomic E-state index is 13.3. The first kappa shape index (κ1) is 30.4. The number of anilines is 1. The highest BCUT2D eigenvalue weighted by Gasteiger charge is 2.28. The summed E-state index contributed by atoms with van der Waals surface area (Å²) in [7, 11) is 1.64. The number of hydrogen-bond donors (Lipinski definition) is 2. The number of rotatable bonds is 14. The maximum absolute atomic E-state index is 13.3. The summed E-state index contributed by atoms with van der Waals surface area (Å²) in [5.74, 6) is -0.886. The fourth-order valence-electron chi connectivity index (χ4n) is 5.11. The lowest BCUT2D eigenvalue weighted by molar-refractivity contribution is -0.137. The number of carbonyl (C=O) groups excluding carboxylic acids is 5. The molecule has 0 spiro atoms. The third kappa shape index (κ3) is 6.63. The van der Waals surface area contributed by atoms with E-state index in [4.69, 9.17) is 10.5 Å². The Morgan fingerprint density at radius 3 is 2.52 bits per heavy atom. The summed E-state index contributed by atoms with van der Waals surface area (Å²) in [6, 6.07) is 4.88. The van der Waals surface area contributed by atoms with E-state index in [2.05, 4.69) is 15.4 Å². The summed E-state index contributed by atoms with van der Waals surface area (Å²) < 4.78 is 9.70. The molecular formula is C30H36N8O6. The van der Waals surface area contributed by atoms with Crippen molar-refractivity contribution in [3.05, 3.63) is 47.3 Å². The molecule has 1 saturated carbocycles. The third-order valence-electron chi connectivity index (χ3n) is 7.66. The molecule has 5 rings (SSSR count). The Morgan fingerprint density at radius 1 is 1.14 bits per heavy atom. The van der Waals surface area contributed by atoms with Gasteiger partial charge in [-0.05, 0) is 57.2 Å². The minimum Gasteiger partial charge on any atom is -0.491 e. The van der Waals surface area contributed by atoms with Gasteiger partial charge in [0.1, 0.15) is 17.0 Å². The summed E-state index contributed by atoms with van der Waals surface area (Å²) in [6.45, 7) is 5.48. The number of benzene rings is 1. The number of aromatic nitrogens is 4. The van der Waals surface area contributed by atoms with Crippen LogP contribution in [0.2, 0.25) is 0 Å². The standard InChI is InChI=1S/C30H36N8O6/c1-4-38-22(14-18(2)34-38)29(43)33-30-32-21-15-20(28(31)42)16-23(27(21)37(30)17-19-6-7-19)44-13-5-11-35(3)24(39)10-12-36-25(40)8-9-26(36)41/h8-9,14-16,19H,4-7,10-13,17H2,1-3H3,(H2,31,42)(H,32,33,43). The van der Waals surface area contributed by atoms with Crippen molar-refractivity contribution in [2.75, 3.05) is 32.1 Å². The molecule has 1 aliphatic carbocycles. The first-order valence-electron chi connectivity index (χ1n) is 14.7. The molecule has 44 heavy (non-hydrogen) atoms. The molecule has 1 aromatic carbocycles. The van der Waals surface area contributed by atoms with Gasteiger partial charge in [0.2, 0.25) is 17.8 Å². The average Bonchev–Trinajstić information content (AvgIpc) is 3.51. The molecule has 3 heterocycles. The molecule has 0 saturated heterocycles. The summed E-state index contributed by atoms with van der Waals surface area (Å²) in [4.78, 5) is 68.7. The highest BCUT2D eigenvalue weighted by atomic mass is 16.5. The molecule has 0 unspecified atom stereocenters. The highest BCUT2D eigenvalue weighted by Crippen LogP contribution is 2.37. The fourth-order valence-corrected chi connectivity index (χ4v) is 5.11. The van der Waals surface area contributed by atoms with Gasteiger partial charge in [-0.15, -0.1) is 0 Å². The van der Waals surface area contributed by atoms with Crippen LogP contribution in [-0.2, 0) is 27.5 Å². The van der Waals surface area contributed by atoms with Gasteiger partial charge in [0.25, 0.3) is 17.7 Å². The van der Waals surface area contributed by atoms with Crippen molar-refractivity contribution in [1.82, 2.24) is 29.1 Å². The number of hydrogen-bond acceptors (Lipinski definition) is 8. The van der Waals surface area contributed by atoms with Gasteiger partial charge in [0.15, 0.2) is 0 Å². The average molecular weight is 605 g/mol. The zero-order chi connectivity index (χ0) is 31.5. The molecule has 1 aliphatic heterocycles. The lowest BCUT2D eigenvalue weighted by Crippen LogP contribution is -2.36. The molecule has 232 valence electrons. The number of imidazole rings is 1. The Bertz CT molecular complexity index is 1650. The number of primary amides is 1. The number of amides is 5. The Kier molecular flexibility index (Phi) is 8.78. The highest BCUT2D eigenvalue weighted by molar-refractivity contribution is 6.13. The van der Waals surface area contributed by atoms with E-state index in [9.17, 15) is 24.0 Å². The second-order valence-electron chi connectivity index (χ2n) is 11.1. The van der Waals surface area contributed by atoms with Crippen LogP contribution < -0.4 is 15.8 Å². The first-order valence-corrected chi connectivity index (χ1v) is 14.7. The molecule has 5 amide bonds. The molecular weight excluding hydrogens is 568 g/mol. The van der Waals surface area contributed by atoms with E-state index in [0.29, 0.717) is 60.4 Å². The predicted octanol–water partition coefficient (Wildman–Crippen LogP) is 1.86. The molecule has 0 bridgehead atoms. The van der Waals surface area contributed by atoms with Crippen LogP contribution in [0.3, 0.4) is 0 Å². The predicted molar refractivity (Wildman–Crippen MR) is 160 cm³/mol. The van der Waals surface area contributed by atoms with Crippen LogP contribution >= 0.6 is 0 Å². The number of nitrogens with zero attached hydrogens (tertiary/aromatic N) is 6. The summed E-state index contributed by atoms with van der Waals surface area (Å²) in [5.41, 5.74) is 8.07. The number of nitrogens with two attached hydrogens (primary N) is 1. The van der Waals surface area contributed by atoms with E-state index in [1.165, 1.54) is 17.1 Å². The second kappa shape index (κ2) is 12.7. The van der Waals surface area contributed by atoms with E-state index >= 15 is 0 Å². The number of ether oxygens (including phenoxy) is 1. The lowest BCUT2D eigenvalue weighted by atomic mass is 10.1. The van der Waals surface area contributed by atoms with Gasteiger partial charge in [0, 0.05) is 57.4 Å². The Morgan fingerprint density at radius 2 is 1.86 bits per heavy atom. The number of imide groups is 1. The Balaban J connectivity index is 1.30. The molecule has 3 aromatic rings. The monoisotopic (exact) mass is 604 g/mol. The van der Waals surface area contributed by atoms with Crippen LogP contribution in [0, 0.1) is 12.8 Å². The van der Waals surface area contributed by atoms with Gasteiger partial charge in [0.05, 0.1) is 17.8 Å². The van der Waals surface area contributed by atoms with Crippen LogP contribution in [-0.4, -0.2) is 85.4 Å².